The van der Waals surface area contributed by atoms with Crippen molar-refractivity contribution in [1.82, 2.24) is 4.98 Å². The van der Waals surface area contributed by atoms with E-state index in [4.69, 9.17) is 11.6 Å². The molecule has 0 saturated carbocycles. The number of aliphatic hydroxyl groups is 1. The molecule has 1 unspecified atom stereocenters. The Balaban J connectivity index is 2.35. The van der Waals surface area contributed by atoms with Crippen molar-refractivity contribution < 1.29 is 5.11 Å². The zero-order chi connectivity index (χ0) is 11.7. The molecule has 2 nitrogen and oxygen atoms in total. The molecule has 0 radical (unpaired) electrons. The topological polar surface area (TPSA) is 33.1 Å². The minimum absolute atomic E-state index is 0.608. The molecule has 1 aromatic carbocycles. The van der Waals surface area contributed by atoms with E-state index in [0.29, 0.717) is 5.02 Å². The lowest BCUT2D eigenvalue weighted by molar-refractivity contribution is 0.223. The van der Waals surface area contributed by atoms with Crippen LogP contribution in [0.3, 0.4) is 0 Å². The number of rotatable bonds is 2. The summed E-state index contributed by atoms with van der Waals surface area (Å²) in [5.74, 6) is 0. The lowest BCUT2D eigenvalue weighted by Crippen LogP contribution is -1.98. The summed E-state index contributed by atoms with van der Waals surface area (Å²) in [6.07, 6.45) is -0.608. The molecule has 0 saturated heterocycles. The monoisotopic (exact) mass is 253 g/mol. The third-order valence-corrected chi connectivity index (χ3v) is 3.75. The first-order chi connectivity index (χ1) is 7.58. The van der Waals surface area contributed by atoms with Crippen molar-refractivity contribution in [2.45, 2.75) is 20.0 Å². The molecule has 2 rings (SSSR count). The third-order valence-electron chi connectivity index (χ3n) is 2.37. The van der Waals surface area contributed by atoms with Crippen LogP contribution in [0.25, 0.3) is 0 Å². The van der Waals surface area contributed by atoms with Gasteiger partial charge in [0.1, 0.15) is 6.10 Å². The molecule has 0 bridgehead atoms. The summed E-state index contributed by atoms with van der Waals surface area (Å²) in [5, 5.41) is 11.9. The quantitative estimate of drug-likeness (QED) is 0.889. The maximum Gasteiger partial charge on any atom is 0.115 e. The normalized spacial score (nSPS) is 12.8. The Hall–Kier alpha value is -0.900. The highest BCUT2D eigenvalue weighted by Crippen LogP contribution is 2.30. The number of aryl methyl sites for hydroxylation is 2. The first-order valence-electron chi connectivity index (χ1n) is 4.95. The van der Waals surface area contributed by atoms with E-state index >= 15 is 0 Å². The van der Waals surface area contributed by atoms with Crippen LogP contribution in [-0.2, 0) is 0 Å². The molecular weight excluding hydrogens is 242 g/mol. The van der Waals surface area contributed by atoms with E-state index in [1.165, 1.54) is 11.3 Å². The summed E-state index contributed by atoms with van der Waals surface area (Å²) in [4.78, 5) is 5.21. The number of aromatic nitrogens is 1. The van der Waals surface area contributed by atoms with E-state index < -0.39 is 6.10 Å². The molecule has 0 aliphatic carbocycles. The molecule has 1 heterocycles. The van der Waals surface area contributed by atoms with Gasteiger partial charge in [-0.1, -0.05) is 23.7 Å². The van der Waals surface area contributed by atoms with Gasteiger partial charge in [-0.2, -0.15) is 0 Å². The maximum atomic E-state index is 10.2. The van der Waals surface area contributed by atoms with Crippen LogP contribution in [0.1, 0.15) is 27.2 Å². The fraction of sp³-hybridized carbons (Fsp3) is 0.250. The Kier molecular flexibility index (Phi) is 3.28. The minimum Gasteiger partial charge on any atom is -0.383 e. The molecule has 0 amide bonds. The van der Waals surface area contributed by atoms with Crippen LogP contribution in [0.5, 0.6) is 0 Å². The van der Waals surface area contributed by atoms with E-state index in [1.807, 2.05) is 26.0 Å². The van der Waals surface area contributed by atoms with E-state index in [2.05, 4.69) is 4.98 Å². The van der Waals surface area contributed by atoms with Crippen LogP contribution in [0.4, 0.5) is 0 Å². The molecule has 2 aromatic rings. The van der Waals surface area contributed by atoms with Gasteiger partial charge in [0, 0.05) is 5.02 Å². The molecule has 1 atom stereocenters. The van der Waals surface area contributed by atoms with E-state index in [9.17, 15) is 5.11 Å². The highest BCUT2D eigenvalue weighted by molar-refractivity contribution is 7.11. The maximum absolute atomic E-state index is 10.2. The predicted molar refractivity (Wildman–Crippen MR) is 67.1 cm³/mol. The molecule has 0 aliphatic rings. The number of thiazole rings is 1. The Labute approximate surface area is 104 Å². The smallest absolute Gasteiger partial charge is 0.115 e. The van der Waals surface area contributed by atoms with Gasteiger partial charge < -0.3 is 5.11 Å². The Morgan fingerprint density at radius 2 is 1.88 bits per heavy atom. The number of hydrogen-bond acceptors (Lipinski definition) is 3. The van der Waals surface area contributed by atoms with Crippen LogP contribution < -0.4 is 0 Å². The predicted octanol–water partition coefficient (Wildman–Crippen LogP) is 3.50. The van der Waals surface area contributed by atoms with Crippen LogP contribution in [0.2, 0.25) is 5.02 Å². The summed E-state index contributed by atoms with van der Waals surface area (Å²) < 4.78 is 0. The van der Waals surface area contributed by atoms with Crippen molar-refractivity contribution >= 4 is 22.9 Å². The molecule has 1 N–H and O–H groups in total. The van der Waals surface area contributed by atoms with Gasteiger partial charge >= 0.3 is 0 Å². The highest BCUT2D eigenvalue weighted by atomic mass is 35.5. The zero-order valence-corrected chi connectivity index (χ0v) is 10.6. The van der Waals surface area contributed by atoms with Crippen LogP contribution in [0, 0.1) is 13.8 Å². The molecule has 4 heteroatoms. The van der Waals surface area contributed by atoms with Gasteiger partial charge in [0.2, 0.25) is 0 Å². The van der Waals surface area contributed by atoms with Crippen molar-refractivity contribution in [3.63, 3.8) is 0 Å². The number of aliphatic hydroxyl groups excluding tert-OH is 1. The van der Waals surface area contributed by atoms with E-state index in [0.717, 1.165) is 21.1 Å². The van der Waals surface area contributed by atoms with Crippen molar-refractivity contribution in [1.29, 1.82) is 0 Å². The van der Waals surface area contributed by atoms with Crippen molar-refractivity contribution in [3.8, 4) is 0 Å². The zero-order valence-electron chi connectivity index (χ0n) is 9.07. The van der Waals surface area contributed by atoms with Crippen LogP contribution in [-0.4, -0.2) is 10.1 Å². The Morgan fingerprint density at radius 3 is 2.38 bits per heavy atom. The highest BCUT2D eigenvalue weighted by Gasteiger charge is 2.16. The first kappa shape index (κ1) is 11.6. The van der Waals surface area contributed by atoms with Gasteiger partial charge in [0.15, 0.2) is 0 Å². The van der Waals surface area contributed by atoms with Crippen molar-refractivity contribution in [2.75, 3.05) is 0 Å². The van der Waals surface area contributed by atoms with Crippen LogP contribution >= 0.6 is 22.9 Å². The van der Waals surface area contributed by atoms with Crippen molar-refractivity contribution in [2.24, 2.45) is 0 Å². The minimum atomic E-state index is -0.608. The SMILES string of the molecule is Cc1nc(C)c(C(O)c2ccc(Cl)cc2)s1. The third kappa shape index (κ3) is 2.26. The van der Waals surface area contributed by atoms with Gasteiger partial charge in [0.25, 0.3) is 0 Å². The number of hydrogen-bond donors (Lipinski definition) is 1. The van der Waals surface area contributed by atoms with Gasteiger partial charge in [-0.3, -0.25) is 0 Å². The number of halogens is 1. The molecule has 16 heavy (non-hydrogen) atoms. The molecule has 0 aliphatic heterocycles. The summed E-state index contributed by atoms with van der Waals surface area (Å²) in [5.41, 5.74) is 1.74. The Bertz CT molecular complexity index is 492. The van der Waals surface area contributed by atoms with Gasteiger partial charge in [-0.25, -0.2) is 4.98 Å². The van der Waals surface area contributed by atoms with E-state index in [1.54, 1.807) is 12.1 Å². The van der Waals surface area contributed by atoms with Crippen molar-refractivity contribution in [3.05, 3.63) is 50.4 Å². The number of nitrogens with zero attached hydrogens (tertiary/aromatic N) is 1. The molecular formula is C12H12ClNOS. The summed E-state index contributed by atoms with van der Waals surface area (Å²) >= 11 is 7.33. The number of benzene rings is 1. The second-order valence-corrected chi connectivity index (χ2v) is 5.31. The van der Waals surface area contributed by atoms with Gasteiger partial charge in [-0.15, -0.1) is 11.3 Å². The first-order valence-corrected chi connectivity index (χ1v) is 6.15. The lowest BCUT2D eigenvalue weighted by Gasteiger charge is -2.09. The lowest BCUT2D eigenvalue weighted by atomic mass is 10.1. The Morgan fingerprint density at radius 1 is 1.25 bits per heavy atom. The van der Waals surface area contributed by atoms with Gasteiger partial charge in [0.05, 0.1) is 15.6 Å². The molecule has 84 valence electrons. The second kappa shape index (κ2) is 4.53. The molecule has 0 spiro atoms. The summed E-state index contributed by atoms with van der Waals surface area (Å²) in [6.45, 7) is 3.85. The average molecular weight is 254 g/mol. The van der Waals surface area contributed by atoms with E-state index in [-0.39, 0.29) is 0 Å². The fourth-order valence-corrected chi connectivity index (χ4v) is 2.67. The van der Waals surface area contributed by atoms with Gasteiger partial charge in [-0.05, 0) is 31.5 Å². The molecule has 0 fully saturated rings. The standard InChI is InChI=1S/C12H12ClNOS/c1-7-12(16-8(2)14-7)11(15)9-3-5-10(13)6-4-9/h3-6,11,15H,1-2H3. The van der Waals surface area contributed by atoms with Crippen LogP contribution in [0.15, 0.2) is 24.3 Å². The molecule has 1 aromatic heterocycles. The largest absolute Gasteiger partial charge is 0.383 e. The fourth-order valence-electron chi connectivity index (χ4n) is 1.60. The summed E-state index contributed by atoms with van der Waals surface area (Å²) in [6, 6.07) is 7.23. The second-order valence-electron chi connectivity index (χ2n) is 3.64. The summed E-state index contributed by atoms with van der Waals surface area (Å²) in [7, 11) is 0. The average Bonchev–Trinajstić information content (AvgIpc) is 2.58.